The number of rotatable bonds is 3. The van der Waals surface area contributed by atoms with Crippen LogP contribution in [0.25, 0.3) is 0 Å². The van der Waals surface area contributed by atoms with E-state index >= 15 is 0 Å². The lowest BCUT2D eigenvalue weighted by Gasteiger charge is -2.32. The third kappa shape index (κ3) is 3.12. The van der Waals surface area contributed by atoms with Crippen molar-refractivity contribution in [2.24, 2.45) is 14.1 Å². The van der Waals surface area contributed by atoms with Crippen LogP contribution in [0.15, 0.2) is 6.20 Å². The van der Waals surface area contributed by atoms with Gasteiger partial charge in [-0.25, -0.2) is 4.79 Å². The molecule has 130 valence electrons. The number of likely N-dealkylation sites (tertiary alicyclic amines) is 1. The summed E-state index contributed by atoms with van der Waals surface area (Å²) in [5, 5.41) is 24.6. The van der Waals surface area contributed by atoms with Gasteiger partial charge in [-0.3, -0.25) is 4.68 Å². The number of aliphatic hydroxyl groups excluding tert-OH is 1. The van der Waals surface area contributed by atoms with Gasteiger partial charge in [0.15, 0.2) is 5.82 Å². The van der Waals surface area contributed by atoms with Gasteiger partial charge in [0.25, 0.3) is 0 Å². The average molecular weight is 333 g/mol. The highest BCUT2D eigenvalue weighted by molar-refractivity contribution is 5.89. The third-order valence-corrected chi connectivity index (χ3v) is 4.47. The number of amides is 2. The molecule has 24 heavy (non-hydrogen) atoms. The lowest BCUT2D eigenvalue weighted by molar-refractivity contribution is 0.190. The molecule has 9 heteroatoms. The molecule has 1 saturated heterocycles. The summed E-state index contributed by atoms with van der Waals surface area (Å²) in [6, 6.07) is -0.125. The highest BCUT2D eigenvalue weighted by atomic mass is 16.3. The molecule has 1 aliphatic rings. The molecule has 2 aromatic heterocycles. The molecule has 1 atom stereocenters. The zero-order valence-electron chi connectivity index (χ0n) is 14.2. The number of anilines is 1. The van der Waals surface area contributed by atoms with Gasteiger partial charge in [-0.2, -0.15) is 5.10 Å². The molecule has 2 amide bonds. The number of aliphatic hydroxyl groups is 1. The van der Waals surface area contributed by atoms with Crippen LogP contribution in [0.3, 0.4) is 0 Å². The average Bonchev–Trinajstić information content (AvgIpc) is 3.09. The van der Waals surface area contributed by atoms with Gasteiger partial charge in [0.1, 0.15) is 12.4 Å². The smallest absolute Gasteiger partial charge is 0.321 e. The van der Waals surface area contributed by atoms with Crippen molar-refractivity contribution in [3.63, 3.8) is 0 Å². The van der Waals surface area contributed by atoms with Crippen molar-refractivity contribution in [1.82, 2.24) is 29.4 Å². The van der Waals surface area contributed by atoms with E-state index in [1.54, 1.807) is 15.8 Å². The minimum Gasteiger partial charge on any atom is -0.388 e. The molecule has 0 bridgehead atoms. The quantitative estimate of drug-likeness (QED) is 0.863. The predicted molar refractivity (Wildman–Crippen MR) is 87.4 cm³/mol. The molecular formula is C15H23N7O2. The largest absolute Gasteiger partial charge is 0.388 e. The summed E-state index contributed by atoms with van der Waals surface area (Å²) < 4.78 is 3.50. The van der Waals surface area contributed by atoms with E-state index in [1.807, 2.05) is 25.6 Å². The fourth-order valence-corrected chi connectivity index (χ4v) is 3.16. The fourth-order valence-electron chi connectivity index (χ4n) is 3.16. The number of aryl methyl sites for hydroxylation is 2. The molecule has 0 spiro atoms. The number of hydrogen-bond acceptors (Lipinski definition) is 5. The first-order chi connectivity index (χ1) is 11.5. The summed E-state index contributed by atoms with van der Waals surface area (Å²) in [5.41, 5.74) is 1.52. The monoisotopic (exact) mass is 333 g/mol. The Morgan fingerprint density at radius 2 is 2.21 bits per heavy atom. The lowest BCUT2D eigenvalue weighted by Crippen LogP contribution is -2.42. The molecule has 0 radical (unpaired) electrons. The molecule has 0 aliphatic carbocycles. The standard InChI is InChI=1S/C15H23N7O2/c1-10-12(8-20(2)19-10)16-15(24)22-6-4-5-11(7-22)14-18-17-13(9-23)21(14)3/h8,11,23H,4-7,9H2,1-3H3,(H,16,24). The zero-order valence-corrected chi connectivity index (χ0v) is 14.2. The highest BCUT2D eigenvalue weighted by Gasteiger charge is 2.28. The summed E-state index contributed by atoms with van der Waals surface area (Å²) in [6.07, 6.45) is 3.66. The normalized spacial score (nSPS) is 18.0. The first kappa shape index (κ1) is 16.4. The van der Waals surface area contributed by atoms with Crippen molar-refractivity contribution in [3.05, 3.63) is 23.5 Å². The summed E-state index contributed by atoms with van der Waals surface area (Å²) in [4.78, 5) is 14.3. The molecule has 1 unspecified atom stereocenters. The molecule has 0 saturated carbocycles. The van der Waals surface area contributed by atoms with E-state index in [0.717, 1.165) is 30.0 Å². The SMILES string of the molecule is Cc1nn(C)cc1NC(=O)N1CCCC(c2nnc(CO)n2C)C1. The number of aromatic nitrogens is 5. The van der Waals surface area contributed by atoms with Gasteiger partial charge in [-0.1, -0.05) is 0 Å². The van der Waals surface area contributed by atoms with Gasteiger partial charge in [0, 0.05) is 39.3 Å². The van der Waals surface area contributed by atoms with Crippen LogP contribution in [-0.4, -0.2) is 53.7 Å². The molecule has 2 N–H and O–H groups in total. The number of carbonyl (C=O) groups excluding carboxylic acids is 1. The maximum Gasteiger partial charge on any atom is 0.321 e. The number of nitrogens with zero attached hydrogens (tertiary/aromatic N) is 6. The van der Waals surface area contributed by atoms with Gasteiger partial charge >= 0.3 is 6.03 Å². The Morgan fingerprint density at radius 3 is 2.83 bits per heavy atom. The topological polar surface area (TPSA) is 101 Å². The van der Waals surface area contributed by atoms with Gasteiger partial charge < -0.3 is 19.9 Å². The van der Waals surface area contributed by atoms with Gasteiger partial charge in [0.05, 0.1) is 11.4 Å². The van der Waals surface area contributed by atoms with Crippen molar-refractivity contribution >= 4 is 11.7 Å². The lowest BCUT2D eigenvalue weighted by atomic mass is 9.97. The van der Waals surface area contributed by atoms with E-state index < -0.39 is 0 Å². The second-order valence-corrected chi connectivity index (χ2v) is 6.21. The molecule has 3 rings (SSSR count). The summed E-state index contributed by atoms with van der Waals surface area (Å²) in [7, 11) is 3.67. The van der Waals surface area contributed by atoms with Gasteiger partial charge in [-0.15, -0.1) is 10.2 Å². The molecule has 2 aromatic rings. The highest BCUT2D eigenvalue weighted by Crippen LogP contribution is 2.26. The number of hydrogen-bond donors (Lipinski definition) is 2. The Labute approximate surface area is 140 Å². The van der Waals surface area contributed by atoms with Crippen molar-refractivity contribution in [3.8, 4) is 0 Å². The number of piperidine rings is 1. The van der Waals surface area contributed by atoms with Crippen LogP contribution in [0.4, 0.5) is 10.5 Å². The van der Waals surface area contributed by atoms with Gasteiger partial charge in [-0.05, 0) is 19.8 Å². The Kier molecular flexibility index (Phi) is 4.52. The van der Waals surface area contributed by atoms with E-state index in [1.165, 1.54) is 0 Å². The first-order valence-corrected chi connectivity index (χ1v) is 8.04. The van der Waals surface area contributed by atoms with E-state index in [4.69, 9.17) is 0 Å². The zero-order chi connectivity index (χ0) is 17.3. The molecule has 9 nitrogen and oxygen atoms in total. The second-order valence-electron chi connectivity index (χ2n) is 6.21. The molecule has 3 heterocycles. The van der Waals surface area contributed by atoms with E-state index in [0.29, 0.717) is 18.9 Å². The Bertz CT molecular complexity index is 736. The second kappa shape index (κ2) is 6.60. The minimum atomic E-state index is -0.138. The van der Waals surface area contributed by atoms with E-state index in [9.17, 15) is 9.90 Å². The molecule has 0 aromatic carbocycles. The van der Waals surface area contributed by atoms with Crippen LogP contribution >= 0.6 is 0 Å². The summed E-state index contributed by atoms with van der Waals surface area (Å²) in [6.45, 7) is 3.03. The van der Waals surface area contributed by atoms with E-state index in [-0.39, 0.29) is 18.6 Å². The van der Waals surface area contributed by atoms with Crippen LogP contribution in [-0.2, 0) is 20.7 Å². The molecule has 1 aliphatic heterocycles. The van der Waals surface area contributed by atoms with Crippen LogP contribution in [0, 0.1) is 6.92 Å². The number of urea groups is 1. The number of carbonyl (C=O) groups is 1. The molecule has 1 fully saturated rings. The molecular weight excluding hydrogens is 310 g/mol. The summed E-state index contributed by atoms with van der Waals surface area (Å²) >= 11 is 0. The van der Waals surface area contributed by atoms with Crippen molar-refractivity contribution in [2.45, 2.75) is 32.3 Å². The third-order valence-electron chi connectivity index (χ3n) is 4.47. The Morgan fingerprint density at radius 1 is 1.42 bits per heavy atom. The van der Waals surface area contributed by atoms with Gasteiger partial charge in [0.2, 0.25) is 0 Å². The Balaban J connectivity index is 1.69. The number of nitrogens with one attached hydrogen (secondary N) is 1. The van der Waals surface area contributed by atoms with Crippen molar-refractivity contribution in [1.29, 1.82) is 0 Å². The summed E-state index contributed by atoms with van der Waals surface area (Å²) in [5.74, 6) is 1.48. The van der Waals surface area contributed by atoms with E-state index in [2.05, 4.69) is 20.6 Å². The van der Waals surface area contributed by atoms with Crippen LogP contribution in [0.2, 0.25) is 0 Å². The first-order valence-electron chi connectivity index (χ1n) is 8.04. The van der Waals surface area contributed by atoms with Crippen molar-refractivity contribution in [2.75, 3.05) is 18.4 Å². The maximum absolute atomic E-state index is 12.5. The van der Waals surface area contributed by atoms with Crippen LogP contribution in [0.5, 0.6) is 0 Å². The van der Waals surface area contributed by atoms with Crippen LogP contribution < -0.4 is 5.32 Å². The minimum absolute atomic E-state index is 0.122. The van der Waals surface area contributed by atoms with Crippen LogP contribution in [0.1, 0.15) is 36.1 Å². The predicted octanol–water partition coefficient (Wildman–Crippen LogP) is 0.761. The van der Waals surface area contributed by atoms with Crippen molar-refractivity contribution < 1.29 is 9.90 Å². The fraction of sp³-hybridized carbons (Fsp3) is 0.600. The Hall–Kier alpha value is -2.42. The maximum atomic E-state index is 12.5.